The molecule has 1 rings (SSSR count). The van der Waals surface area contributed by atoms with E-state index >= 15 is 0 Å². The Hall–Kier alpha value is -0.610. The Morgan fingerprint density at radius 3 is 2.78 bits per heavy atom. The molecule has 1 saturated heterocycles. The van der Waals surface area contributed by atoms with Crippen LogP contribution < -0.4 is 16.0 Å². The maximum Gasteiger partial charge on any atom is 0.221 e. The topological polar surface area (TPSA) is 53.2 Å². The molecule has 1 heterocycles. The maximum atomic E-state index is 11.5. The first-order valence-corrected chi connectivity index (χ1v) is 7.31. The van der Waals surface area contributed by atoms with Crippen molar-refractivity contribution in [2.75, 3.05) is 19.6 Å². The molecule has 2 atom stereocenters. The van der Waals surface area contributed by atoms with Crippen molar-refractivity contribution in [1.82, 2.24) is 16.0 Å². The van der Waals surface area contributed by atoms with Gasteiger partial charge in [-0.05, 0) is 38.6 Å². The molecule has 1 fully saturated rings. The molecule has 18 heavy (non-hydrogen) atoms. The lowest BCUT2D eigenvalue weighted by Crippen LogP contribution is -2.36. The van der Waals surface area contributed by atoms with Crippen molar-refractivity contribution >= 4 is 5.91 Å². The Labute approximate surface area is 111 Å². The van der Waals surface area contributed by atoms with E-state index in [0.717, 1.165) is 26.1 Å². The predicted octanol–water partition coefficient (Wildman–Crippen LogP) is 1.27. The molecule has 0 aliphatic carbocycles. The average Bonchev–Trinajstić information content (AvgIpc) is 2.79. The minimum atomic E-state index is 0.155. The van der Waals surface area contributed by atoms with Gasteiger partial charge in [0, 0.05) is 31.6 Å². The highest BCUT2D eigenvalue weighted by Gasteiger charge is 2.16. The minimum Gasteiger partial charge on any atom is -0.356 e. The summed E-state index contributed by atoms with van der Waals surface area (Å²) in [5.74, 6) is 0.677. The molecule has 0 spiro atoms. The summed E-state index contributed by atoms with van der Waals surface area (Å²) < 4.78 is 0. The molecular weight excluding hydrogens is 226 g/mol. The van der Waals surface area contributed by atoms with Gasteiger partial charge in [0.2, 0.25) is 5.91 Å². The van der Waals surface area contributed by atoms with Crippen molar-refractivity contribution in [3.05, 3.63) is 0 Å². The number of hydrogen-bond donors (Lipinski definition) is 3. The Morgan fingerprint density at radius 1 is 1.39 bits per heavy atom. The highest BCUT2D eigenvalue weighted by atomic mass is 16.1. The fourth-order valence-electron chi connectivity index (χ4n) is 2.31. The van der Waals surface area contributed by atoms with Crippen LogP contribution in [-0.2, 0) is 4.79 Å². The summed E-state index contributed by atoms with van der Waals surface area (Å²) in [4.78, 5) is 11.5. The summed E-state index contributed by atoms with van der Waals surface area (Å²) in [6.45, 7) is 9.13. The lowest BCUT2D eigenvalue weighted by molar-refractivity contribution is -0.121. The molecule has 0 saturated carbocycles. The second-order valence-corrected chi connectivity index (χ2v) is 5.83. The van der Waals surface area contributed by atoms with E-state index in [9.17, 15) is 4.79 Å². The molecule has 0 aromatic heterocycles. The van der Waals surface area contributed by atoms with Crippen LogP contribution in [0.2, 0.25) is 0 Å². The lowest BCUT2D eigenvalue weighted by atomic mass is 10.1. The first-order chi connectivity index (χ1) is 8.58. The van der Waals surface area contributed by atoms with Gasteiger partial charge in [-0.1, -0.05) is 13.8 Å². The van der Waals surface area contributed by atoms with Crippen LogP contribution in [0, 0.1) is 5.92 Å². The molecule has 0 aromatic rings. The third-order valence-corrected chi connectivity index (χ3v) is 3.35. The quantitative estimate of drug-likeness (QED) is 0.612. The molecule has 0 radical (unpaired) electrons. The monoisotopic (exact) mass is 255 g/mol. The van der Waals surface area contributed by atoms with Crippen molar-refractivity contribution < 1.29 is 4.79 Å². The third kappa shape index (κ3) is 6.97. The van der Waals surface area contributed by atoms with Crippen LogP contribution in [0.4, 0.5) is 0 Å². The second kappa shape index (κ2) is 8.48. The van der Waals surface area contributed by atoms with Crippen molar-refractivity contribution in [2.24, 2.45) is 5.92 Å². The number of nitrogens with one attached hydrogen (secondary N) is 3. The van der Waals surface area contributed by atoms with Gasteiger partial charge in [0.25, 0.3) is 0 Å². The molecule has 3 N–H and O–H groups in total. The van der Waals surface area contributed by atoms with Crippen molar-refractivity contribution in [1.29, 1.82) is 0 Å². The van der Waals surface area contributed by atoms with E-state index < -0.39 is 0 Å². The molecule has 0 aromatic carbocycles. The summed E-state index contributed by atoms with van der Waals surface area (Å²) in [5, 5.41) is 9.87. The number of carbonyl (C=O) groups excluding carboxylic acids is 1. The standard InChI is InChI=1S/C14H29N3O/c1-11(2)10-17-14(18)6-8-15-12(3)9-13-5-4-7-16-13/h11-13,15-16H,4-10H2,1-3H3,(H,17,18). The van der Waals surface area contributed by atoms with Crippen molar-refractivity contribution in [3.63, 3.8) is 0 Å². The summed E-state index contributed by atoms with van der Waals surface area (Å²) in [6.07, 6.45) is 4.33. The molecule has 1 aliphatic rings. The van der Waals surface area contributed by atoms with E-state index in [4.69, 9.17) is 0 Å². The van der Waals surface area contributed by atoms with E-state index in [1.165, 1.54) is 12.8 Å². The van der Waals surface area contributed by atoms with E-state index in [1.54, 1.807) is 0 Å². The maximum absolute atomic E-state index is 11.5. The summed E-state index contributed by atoms with van der Waals surface area (Å²) in [7, 11) is 0. The van der Waals surface area contributed by atoms with Crippen LogP contribution in [-0.4, -0.2) is 37.6 Å². The fraction of sp³-hybridized carbons (Fsp3) is 0.929. The average molecular weight is 255 g/mol. The molecule has 4 nitrogen and oxygen atoms in total. The third-order valence-electron chi connectivity index (χ3n) is 3.35. The minimum absolute atomic E-state index is 0.155. The number of carbonyl (C=O) groups is 1. The lowest BCUT2D eigenvalue weighted by Gasteiger charge is -2.18. The molecule has 1 amide bonds. The van der Waals surface area contributed by atoms with Gasteiger partial charge in [0.1, 0.15) is 0 Å². The van der Waals surface area contributed by atoms with E-state index in [1.807, 2.05) is 0 Å². The zero-order valence-electron chi connectivity index (χ0n) is 12.1. The van der Waals surface area contributed by atoms with Gasteiger partial charge in [0.05, 0.1) is 0 Å². The largest absolute Gasteiger partial charge is 0.356 e. The molecule has 0 bridgehead atoms. The van der Waals surface area contributed by atoms with Crippen LogP contribution in [0.3, 0.4) is 0 Å². The SMILES string of the molecule is CC(C)CNC(=O)CCNC(C)CC1CCCN1. The van der Waals surface area contributed by atoms with E-state index in [0.29, 0.717) is 24.4 Å². The Balaban J connectivity index is 2.00. The van der Waals surface area contributed by atoms with Crippen molar-refractivity contribution in [3.8, 4) is 0 Å². The molecule has 4 heteroatoms. The van der Waals surface area contributed by atoms with Gasteiger partial charge in [-0.3, -0.25) is 4.79 Å². The van der Waals surface area contributed by atoms with Gasteiger partial charge >= 0.3 is 0 Å². The van der Waals surface area contributed by atoms with Gasteiger partial charge in [-0.2, -0.15) is 0 Å². The zero-order valence-corrected chi connectivity index (χ0v) is 12.1. The first-order valence-electron chi connectivity index (χ1n) is 7.31. The number of hydrogen-bond acceptors (Lipinski definition) is 3. The van der Waals surface area contributed by atoms with Crippen LogP contribution in [0.25, 0.3) is 0 Å². The summed E-state index contributed by atoms with van der Waals surface area (Å²) in [6, 6.07) is 1.15. The van der Waals surface area contributed by atoms with Gasteiger partial charge in [-0.15, -0.1) is 0 Å². The molecular formula is C14H29N3O. The highest BCUT2D eigenvalue weighted by molar-refractivity contribution is 5.76. The first kappa shape index (κ1) is 15.4. The van der Waals surface area contributed by atoms with E-state index in [2.05, 4.69) is 36.7 Å². The summed E-state index contributed by atoms with van der Waals surface area (Å²) in [5.41, 5.74) is 0. The molecule has 1 aliphatic heterocycles. The molecule has 106 valence electrons. The van der Waals surface area contributed by atoms with Gasteiger partial charge in [-0.25, -0.2) is 0 Å². The number of amides is 1. The zero-order chi connectivity index (χ0) is 13.4. The van der Waals surface area contributed by atoms with Crippen LogP contribution >= 0.6 is 0 Å². The summed E-state index contributed by atoms with van der Waals surface area (Å²) >= 11 is 0. The molecule has 2 unspecified atom stereocenters. The fourth-order valence-corrected chi connectivity index (χ4v) is 2.31. The Morgan fingerprint density at radius 2 is 2.17 bits per heavy atom. The van der Waals surface area contributed by atoms with Crippen LogP contribution in [0.15, 0.2) is 0 Å². The Kier molecular flexibility index (Phi) is 7.28. The highest BCUT2D eigenvalue weighted by Crippen LogP contribution is 2.10. The van der Waals surface area contributed by atoms with Crippen molar-refractivity contribution in [2.45, 2.75) is 58.5 Å². The van der Waals surface area contributed by atoms with E-state index in [-0.39, 0.29) is 5.91 Å². The smallest absolute Gasteiger partial charge is 0.221 e. The Bertz CT molecular complexity index is 237. The predicted molar refractivity (Wildman–Crippen MR) is 75.6 cm³/mol. The van der Waals surface area contributed by atoms with Gasteiger partial charge in [0.15, 0.2) is 0 Å². The number of rotatable bonds is 8. The van der Waals surface area contributed by atoms with Gasteiger partial charge < -0.3 is 16.0 Å². The second-order valence-electron chi connectivity index (χ2n) is 5.83. The van der Waals surface area contributed by atoms with Crippen LogP contribution in [0.5, 0.6) is 0 Å². The normalized spacial score (nSPS) is 21.2. The van der Waals surface area contributed by atoms with Crippen LogP contribution in [0.1, 0.15) is 46.5 Å².